The Balaban J connectivity index is 3.08. The van der Waals surface area contributed by atoms with Crippen molar-refractivity contribution in [3.05, 3.63) is 34.5 Å². The predicted octanol–water partition coefficient (Wildman–Crippen LogP) is 3.40. The molecule has 0 amide bonds. The molecule has 0 saturated carbocycles. The van der Waals surface area contributed by atoms with Crippen molar-refractivity contribution in [2.75, 3.05) is 7.11 Å². The highest BCUT2D eigenvalue weighted by molar-refractivity contribution is 9.10. The van der Waals surface area contributed by atoms with Crippen molar-refractivity contribution >= 4 is 34.4 Å². The van der Waals surface area contributed by atoms with Crippen LogP contribution in [0.1, 0.15) is 5.56 Å². The van der Waals surface area contributed by atoms with Crippen molar-refractivity contribution < 1.29 is 4.74 Å². The van der Waals surface area contributed by atoms with E-state index in [0.717, 1.165) is 15.7 Å². The van der Waals surface area contributed by atoms with Crippen molar-refractivity contribution in [2.24, 2.45) is 4.99 Å². The lowest BCUT2D eigenvalue weighted by Crippen LogP contribution is -1.75. The van der Waals surface area contributed by atoms with Gasteiger partial charge in [-0.05, 0) is 31.0 Å². The van der Waals surface area contributed by atoms with E-state index in [1.807, 2.05) is 24.3 Å². The van der Waals surface area contributed by atoms with E-state index < -0.39 is 0 Å². The molecule has 0 N–H and O–H groups in total. The highest BCUT2D eigenvalue weighted by Crippen LogP contribution is 2.24. The molecule has 1 aromatic rings. The maximum Gasteiger partial charge on any atom is 0.0831 e. The fourth-order valence-corrected chi connectivity index (χ4v) is 1.32. The third kappa shape index (κ3) is 2.70. The third-order valence-corrected chi connectivity index (χ3v) is 2.04. The first-order valence-electron chi connectivity index (χ1n) is 3.73. The van der Waals surface area contributed by atoms with Crippen LogP contribution in [-0.2, 0) is 4.74 Å². The summed E-state index contributed by atoms with van der Waals surface area (Å²) in [7, 11) is 1.61. The number of nitrogens with zero attached hydrogens (tertiary/aromatic N) is 1. The molecule has 0 spiro atoms. The van der Waals surface area contributed by atoms with Gasteiger partial charge in [0.25, 0.3) is 0 Å². The van der Waals surface area contributed by atoms with Crippen molar-refractivity contribution in [1.82, 2.24) is 0 Å². The molecule has 0 atom stereocenters. The van der Waals surface area contributed by atoms with Gasteiger partial charge in [-0.2, -0.15) is 0 Å². The van der Waals surface area contributed by atoms with Crippen LogP contribution in [0.2, 0.25) is 0 Å². The number of aliphatic imine (C=N–C) groups is 1. The maximum atomic E-state index is 4.83. The van der Waals surface area contributed by atoms with Crippen LogP contribution < -0.4 is 0 Å². The minimum atomic E-state index is 0.844. The largest absolute Gasteiger partial charge is 0.504 e. The average Bonchev–Trinajstić information content (AvgIpc) is 2.15. The van der Waals surface area contributed by atoms with Gasteiger partial charge in [-0.3, -0.25) is 4.99 Å². The zero-order chi connectivity index (χ0) is 9.68. The lowest BCUT2D eigenvalue weighted by atomic mass is 10.2. The van der Waals surface area contributed by atoms with Crippen LogP contribution >= 0.6 is 15.9 Å². The van der Waals surface area contributed by atoms with E-state index in [1.54, 1.807) is 13.4 Å². The average molecular weight is 240 g/mol. The van der Waals surface area contributed by atoms with E-state index in [9.17, 15) is 0 Å². The Morgan fingerprint density at radius 1 is 1.54 bits per heavy atom. The molecule has 0 aliphatic heterocycles. The van der Waals surface area contributed by atoms with Gasteiger partial charge in [-0.15, -0.1) is 0 Å². The molecule has 0 bridgehead atoms. The summed E-state index contributed by atoms with van der Waals surface area (Å²) in [6.45, 7) is 3.49. The van der Waals surface area contributed by atoms with Crippen LogP contribution in [-0.4, -0.2) is 13.8 Å². The summed E-state index contributed by atoms with van der Waals surface area (Å²) in [6, 6.07) is 5.78. The lowest BCUT2D eigenvalue weighted by molar-refractivity contribution is 0.341. The molecule has 1 aromatic carbocycles. The Labute approximate surface area is 86.1 Å². The van der Waals surface area contributed by atoms with Gasteiger partial charge in [0.2, 0.25) is 0 Å². The summed E-state index contributed by atoms with van der Waals surface area (Å²) < 4.78 is 5.84. The van der Waals surface area contributed by atoms with E-state index in [1.165, 1.54) is 0 Å². The molecule has 68 valence electrons. The van der Waals surface area contributed by atoms with E-state index in [2.05, 4.69) is 27.6 Å². The molecule has 3 heteroatoms. The van der Waals surface area contributed by atoms with Crippen LogP contribution in [0.5, 0.6) is 0 Å². The number of hydrogen-bond acceptors (Lipinski definition) is 2. The highest BCUT2D eigenvalue weighted by atomic mass is 79.9. The molecular weight excluding hydrogens is 230 g/mol. The van der Waals surface area contributed by atoms with Gasteiger partial charge < -0.3 is 4.74 Å². The molecule has 1 rings (SSSR count). The molecule has 0 heterocycles. The SMILES string of the molecule is C=Nc1ccc(Br)cc1/C=C/OC. The quantitative estimate of drug-likeness (QED) is 0.586. The Morgan fingerprint density at radius 3 is 2.92 bits per heavy atom. The second-order valence-electron chi connectivity index (χ2n) is 2.40. The van der Waals surface area contributed by atoms with E-state index in [-0.39, 0.29) is 0 Å². The molecule has 0 aliphatic rings. The van der Waals surface area contributed by atoms with Gasteiger partial charge in [-0.1, -0.05) is 15.9 Å². The minimum Gasteiger partial charge on any atom is -0.504 e. The van der Waals surface area contributed by atoms with Gasteiger partial charge in [-0.25, -0.2) is 0 Å². The normalized spacial score (nSPS) is 10.3. The van der Waals surface area contributed by atoms with Gasteiger partial charge in [0.05, 0.1) is 19.1 Å². The molecule has 0 radical (unpaired) electrons. The molecule has 0 aliphatic carbocycles. The molecular formula is C10H10BrNO. The summed E-state index contributed by atoms with van der Waals surface area (Å²) in [5.41, 5.74) is 1.82. The summed E-state index contributed by atoms with van der Waals surface area (Å²) in [4.78, 5) is 3.89. The zero-order valence-electron chi connectivity index (χ0n) is 7.33. The Morgan fingerprint density at radius 2 is 2.31 bits per heavy atom. The van der Waals surface area contributed by atoms with Gasteiger partial charge in [0, 0.05) is 10.0 Å². The smallest absolute Gasteiger partial charge is 0.0831 e. The second kappa shape index (κ2) is 4.82. The Hall–Kier alpha value is -1.09. The molecule has 0 unspecified atom stereocenters. The standard InChI is InChI=1S/C10H10BrNO/c1-12-10-4-3-9(11)7-8(10)5-6-13-2/h3-7H,1H2,2H3/b6-5+. The summed E-state index contributed by atoms with van der Waals surface area (Å²) in [5, 5.41) is 0. The number of methoxy groups -OCH3 is 1. The summed E-state index contributed by atoms with van der Waals surface area (Å²) in [6.07, 6.45) is 3.45. The maximum absolute atomic E-state index is 4.83. The van der Waals surface area contributed by atoms with Crippen LogP contribution in [0.3, 0.4) is 0 Å². The van der Waals surface area contributed by atoms with Gasteiger partial charge in [0.15, 0.2) is 0 Å². The van der Waals surface area contributed by atoms with E-state index in [0.29, 0.717) is 0 Å². The topological polar surface area (TPSA) is 21.6 Å². The molecule has 2 nitrogen and oxygen atoms in total. The second-order valence-corrected chi connectivity index (χ2v) is 3.32. The Bertz CT molecular complexity index is 334. The number of benzene rings is 1. The molecule has 13 heavy (non-hydrogen) atoms. The molecule has 0 fully saturated rings. The van der Waals surface area contributed by atoms with Gasteiger partial charge >= 0.3 is 0 Å². The molecule has 0 saturated heterocycles. The number of halogens is 1. The zero-order valence-corrected chi connectivity index (χ0v) is 8.91. The first-order chi connectivity index (χ1) is 6.27. The summed E-state index contributed by atoms with van der Waals surface area (Å²) >= 11 is 3.38. The number of ether oxygens (including phenoxy) is 1. The van der Waals surface area contributed by atoms with E-state index in [4.69, 9.17) is 4.74 Å². The van der Waals surface area contributed by atoms with Crippen molar-refractivity contribution in [3.8, 4) is 0 Å². The fraction of sp³-hybridized carbons (Fsp3) is 0.100. The fourth-order valence-electron chi connectivity index (χ4n) is 0.944. The van der Waals surface area contributed by atoms with Crippen molar-refractivity contribution in [1.29, 1.82) is 0 Å². The van der Waals surface area contributed by atoms with Crippen molar-refractivity contribution in [3.63, 3.8) is 0 Å². The van der Waals surface area contributed by atoms with Crippen LogP contribution in [0.15, 0.2) is 33.9 Å². The summed E-state index contributed by atoms with van der Waals surface area (Å²) in [5.74, 6) is 0. The third-order valence-electron chi connectivity index (χ3n) is 1.54. The minimum absolute atomic E-state index is 0.844. The van der Waals surface area contributed by atoms with Crippen molar-refractivity contribution in [2.45, 2.75) is 0 Å². The first kappa shape index (κ1) is 9.99. The molecule has 0 aromatic heterocycles. The lowest BCUT2D eigenvalue weighted by Gasteiger charge is -2.00. The van der Waals surface area contributed by atoms with E-state index >= 15 is 0 Å². The monoisotopic (exact) mass is 239 g/mol. The predicted molar refractivity (Wildman–Crippen MR) is 59.4 cm³/mol. The highest BCUT2D eigenvalue weighted by Gasteiger charge is 1.97. The van der Waals surface area contributed by atoms with Crippen LogP contribution in [0.4, 0.5) is 5.69 Å². The number of hydrogen-bond donors (Lipinski definition) is 0. The van der Waals surface area contributed by atoms with Gasteiger partial charge in [0.1, 0.15) is 0 Å². The number of rotatable bonds is 3. The van der Waals surface area contributed by atoms with Crippen LogP contribution in [0, 0.1) is 0 Å². The van der Waals surface area contributed by atoms with Crippen LogP contribution in [0.25, 0.3) is 6.08 Å². The first-order valence-corrected chi connectivity index (χ1v) is 4.53. The Kier molecular flexibility index (Phi) is 3.71.